The van der Waals surface area contributed by atoms with Gasteiger partial charge in [0.25, 0.3) is 0 Å². The summed E-state index contributed by atoms with van der Waals surface area (Å²) in [4.78, 5) is 28.6. The number of aryl methyl sites for hydroxylation is 1. The van der Waals surface area contributed by atoms with Crippen molar-refractivity contribution in [1.29, 1.82) is 0 Å². The lowest BCUT2D eigenvalue weighted by molar-refractivity contribution is -0.134. The van der Waals surface area contributed by atoms with Crippen LogP contribution in [0.25, 0.3) is 0 Å². The highest BCUT2D eigenvalue weighted by Gasteiger charge is 2.18. The van der Waals surface area contributed by atoms with Crippen molar-refractivity contribution in [1.82, 2.24) is 4.90 Å². The smallest absolute Gasteiger partial charge is 0.227 e. The Labute approximate surface area is 166 Å². The molecule has 2 aromatic rings. The van der Waals surface area contributed by atoms with Gasteiger partial charge in [-0.2, -0.15) is 0 Å². The van der Waals surface area contributed by atoms with Gasteiger partial charge in [-0.15, -0.1) is 0 Å². The van der Waals surface area contributed by atoms with Crippen molar-refractivity contribution in [3.05, 3.63) is 65.2 Å². The van der Waals surface area contributed by atoms with E-state index < -0.39 is 0 Å². The molecule has 148 valence electrons. The number of benzene rings is 2. The molecule has 0 aromatic heterocycles. The number of nitrogens with zero attached hydrogens (tertiary/aromatic N) is 2. The van der Waals surface area contributed by atoms with Crippen molar-refractivity contribution >= 4 is 17.5 Å². The number of amides is 2. The summed E-state index contributed by atoms with van der Waals surface area (Å²) in [6, 6.07) is 16.0. The van der Waals surface area contributed by atoms with Crippen LogP contribution in [-0.2, 0) is 27.3 Å². The van der Waals surface area contributed by atoms with Gasteiger partial charge >= 0.3 is 0 Å². The number of rotatable bonds is 6. The van der Waals surface area contributed by atoms with Crippen LogP contribution in [-0.4, -0.2) is 43.0 Å². The van der Waals surface area contributed by atoms with E-state index in [9.17, 15) is 9.59 Å². The lowest BCUT2D eigenvalue weighted by Gasteiger charge is -2.27. The molecule has 0 radical (unpaired) electrons. The lowest BCUT2D eigenvalue weighted by atomic mass is 10.1. The molecule has 0 bridgehead atoms. The van der Waals surface area contributed by atoms with Gasteiger partial charge in [0, 0.05) is 25.2 Å². The van der Waals surface area contributed by atoms with Crippen LogP contribution in [0.15, 0.2) is 48.5 Å². The maximum atomic E-state index is 12.5. The van der Waals surface area contributed by atoms with Crippen LogP contribution in [0.2, 0.25) is 0 Å². The van der Waals surface area contributed by atoms with Gasteiger partial charge in [0.2, 0.25) is 11.8 Å². The molecule has 5 heteroatoms. The molecule has 1 heterocycles. The highest BCUT2D eigenvalue weighted by Crippen LogP contribution is 2.20. The number of hydrogen-bond acceptors (Lipinski definition) is 3. The minimum Gasteiger partial charge on any atom is -0.378 e. The van der Waals surface area contributed by atoms with Gasteiger partial charge in [-0.25, -0.2) is 0 Å². The van der Waals surface area contributed by atoms with Crippen molar-refractivity contribution in [3.63, 3.8) is 0 Å². The van der Waals surface area contributed by atoms with Gasteiger partial charge < -0.3 is 14.5 Å². The Bertz CT molecular complexity index is 811. The molecule has 0 aliphatic carbocycles. The molecule has 0 saturated carbocycles. The van der Waals surface area contributed by atoms with E-state index in [1.54, 1.807) is 0 Å². The number of anilines is 1. The third-order valence-electron chi connectivity index (χ3n) is 4.99. The van der Waals surface area contributed by atoms with E-state index in [0.29, 0.717) is 45.7 Å². The molecule has 0 spiro atoms. The normalized spacial score (nSPS) is 14.0. The molecule has 0 unspecified atom stereocenters. The van der Waals surface area contributed by atoms with Crippen LogP contribution >= 0.6 is 0 Å². The van der Waals surface area contributed by atoms with Crippen LogP contribution < -0.4 is 4.90 Å². The van der Waals surface area contributed by atoms with Crippen LogP contribution in [0.4, 0.5) is 5.69 Å². The zero-order valence-electron chi connectivity index (χ0n) is 16.7. The summed E-state index contributed by atoms with van der Waals surface area (Å²) in [6.07, 6.45) is 0.822. The first-order chi connectivity index (χ1) is 13.6. The predicted octanol–water partition coefficient (Wildman–Crippen LogP) is 3.34. The van der Waals surface area contributed by atoms with Crippen molar-refractivity contribution in [2.45, 2.75) is 33.2 Å². The molecule has 1 aliphatic heterocycles. The van der Waals surface area contributed by atoms with Gasteiger partial charge in [-0.3, -0.25) is 9.59 Å². The van der Waals surface area contributed by atoms with E-state index in [2.05, 4.69) is 19.1 Å². The van der Waals surface area contributed by atoms with Gasteiger partial charge in [-0.05, 0) is 30.2 Å². The predicted molar refractivity (Wildman–Crippen MR) is 110 cm³/mol. The maximum absolute atomic E-state index is 12.5. The quantitative estimate of drug-likeness (QED) is 0.772. The first kappa shape index (κ1) is 20.1. The van der Waals surface area contributed by atoms with Crippen LogP contribution in [0.1, 0.15) is 30.0 Å². The Kier molecular flexibility index (Phi) is 6.82. The fourth-order valence-corrected chi connectivity index (χ4v) is 3.40. The zero-order valence-corrected chi connectivity index (χ0v) is 16.7. The Morgan fingerprint density at radius 3 is 2.39 bits per heavy atom. The van der Waals surface area contributed by atoms with Gasteiger partial charge in [-0.1, -0.05) is 48.9 Å². The second-order valence-electron chi connectivity index (χ2n) is 7.16. The number of hydrogen-bond donors (Lipinski definition) is 0. The molecule has 2 aromatic carbocycles. The molecule has 0 N–H and O–H groups in total. The molecule has 1 fully saturated rings. The zero-order chi connectivity index (χ0) is 19.9. The van der Waals surface area contributed by atoms with Crippen molar-refractivity contribution in [2.24, 2.45) is 0 Å². The van der Waals surface area contributed by atoms with Gasteiger partial charge in [0.1, 0.15) is 0 Å². The van der Waals surface area contributed by atoms with E-state index >= 15 is 0 Å². The van der Waals surface area contributed by atoms with Crippen molar-refractivity contribution in [3.8, 4) is 0 Å². The Hall–Kier alpha value is -2.66. The topological polar surface area (TPSA) is 49.9 Å². The molecule has 5 nitrogen and oxygen atoms in total. The van der Waals surface area contributed by atoms with Crippen molar-refractivity contribution < 1.29 is 14.3 Å². The first-order valence-electron chi connectivity index (χ1n) is 9.87. The van der Waals surface area contributed by atoms with E-state index in [-0.39, 0.29) is 11.8 Å². The highest BCUT2D eigenvalue weighted by molar-refractivity contribution is 5.93. The van der Waals surface area contributed by atoms with Crippen LogP contribution in [0.3, 0.4) is 0 Å². The molecule has 3 rings (SSSR count). The second kappa shape index (κ2) is 9.51. The third-order valence-corrected chi connectivity index (χ3v) is 4.99. The summed E-state index contributed by atoms with van der Waals surface area (Å²) in [5, 5.41) is 0. The van der Waals surface area contributed by atoms with Crippen LogP contribution in [0, 0.1) is 6.92 Å². The second-order valence-corrected chi connectivity index (χ2v) is 7.16. The third kappa shape index (κ3) is 5.20. The summed E-state index contributed by atoms with van der Waals surface area (Å²) in [5.74, 6) is 0.205. The Morgan fingerprint density at radius 1 is 1.04 bits per heavy atom. The van der Waals surface area contributed by atoms with E-state index in [0.717, 1.165) is 16.8 Å². The van der Waals surface area contributed by atoms with Gasteiger partial charge in [0.05, 0.1) is 26.2 Å². The number of carbonyl (C=O) groups is 2. The fourth-order valence-electron chi connectivity index (χ4n) is 3.40. The van der Waals surface area contributed by atoms with Gasteiger partial charge in [0.15, 0.2) is 0 Å². The average molecular weight is 380 g/mol. The summed E-state index contributed by atoms with van der Waals surface area (Å²) < 4.78 is 5.30. The highest BCUT2D eigenvalue weighted by atomic mass is 16.5. The molecule has 2 amide bonds. The largest absolute Gasteiger partial charge is 0.378 e. The molecular weight excluding hydrogens is 352 g/mol. The number of morpholine rings is 1. The molecule has 28 heavy (non-hydrogen) atoms. The SMILES string of the molecule is CCC(=O)N(Cc1cccc(C)c1)c1ccc(CC(=O)N2CCOCC2)cc1. The van der Waals surface area contributed by atoms with E-state index in [4.69, 9.17) is 4.74 Å². The van der Waals surface area contributed by atoms with Crippen LogP contribution in [0.5, 0.6) is 0 Å². The van der Waals surface area contributed by atoms with E-state index in [1.165, 1.54) is 5.56 Å². The number of carbonyl (C=O) groups excluding carboxylic acids is 2. The molecule has 1 aliphatic rings. The first-order valence-corrected chi connectivity index (χ1v) is 9.87. The molecule has 1 saturated heterocycles. The maximum Gasteiger partial charge on any atom is 0.227 e. The number of ether oxygens (including phenoxy) is 1. The minimum absolute atomic E-state index is 0.0821. The lowest BCUT2D eigenvalue weighted by Crippen LogP contribution is -2.41. The summed E-state index contributed by atoms with van der Waals surface area (Å²) in [5.41, 5.74) is 4.10. The van der Waals surface area contributed by atoms with E-state index in [1.807, 2.05) is 53.1 Å². The molecule has 0 atom stereocenters. The minimum atomic E-state index is 0.0821. The molecular formula is C23H28N2O3. The monoisotopic (exact) mass is 380 g/mol. The summed E-state index contributed by atoms with van der Waals surface area (Å²) in [7, 11) is 0. The Balaban J connectivity index is 1.70. The van der Waals surface area contributed by atoms with Crippen molar-refractivity contribution in [2.75, 3.05) is 31.2 Å². The average Bonchev–Trinajstić information content (AvgIpc) is 2.73. The summed E-state index contributed by atoms with van der Waals surface area (Å²) in [6.45, 7) is 7.00. The fraction of sp³-hybridized carbons (Fsp3) is 0.391. The standard InChI is InChI=1S/C23H28N2O3/c1-3-22(26)25(17-20-6-4-5-18(2)15-20)21-9-7-19(8-10-21)16-23(27)24-11-13-28-14-12-24/h4-10,15H,3,11-14,16-17H2,1-2H3. The Morgan fingerprint density at radius 2 is 1.75 bits per heavy atom. The summed E-state index contributed by atoms with van der Waals surface area (Å²) >= 11 is 0.